The molecule has 0 fully saturated rings. The summed E-state index contributed by atoms with van der Waals surface area (Å²) in [6.45, 7) is 0.150. The number of rotatable bonds is 5. The van der Waals surface area contributed by atoms with Crippen LogP contribution in [0.2, 0.25) is 0 Å². The third kappa shape index (κ3) is 4.05. The molecule has 1 N–H and O–H groups in total. The standard InChI is InChI=1S/C19H18F3N3O2/c1-24-15-4-2-3-5-16(15)25(18(24)27)12-17(26)23-11-10-13-6-8-14(9-7-13)19(20,21)22/h2-9H,10-12H2,1H3,(H,23,26). The maximum atomic E-state index is 12.5. The van der Waals surface area contributed by atoms with Gasteiger partial charge in [-0.25, -0.2) is 4.79 Å². The zero-order valence-corrected chi connectivity index (χ0v) is 14.6. The molecule has 142 valence electrons. The van der Waals surface area contributed by atoms with E-state index in [1.165, 1.54) is 21.3 Å². The monoisotopic (exact) mass is 377 g/mol. The van der Waals surface area contributed by atoms with Crippen LogP contribution in [0.15, 0.2) is 53.3 Å². The van der Waals surface area contributed by atoms with Crippen molar-refractivity contribution in [1.82, 2.24) is 14.5 Å². The average Bonchev–Trinajstić information content (AvgIpc) is 2.87. The Morgan fingerprint density at radius 2 is 1.67 bits per heavy atom. The Bertz CT molecular complexity index is 1020. The summed E-state index contributed by atoms with van der Waals surface area (Å²) in [5, 5.41) is 2.70. The predicted molar refractivity (Wildman–Crippen MR) is 95.3 cm³/mol. The van der Waals surface area contributed by atoms with Gasteiger partial charge in [-0.2, -0.15) is 13.2 Å². The number of amides is 1. The van der Waals surface area contributed by atoms with Crippen molar-refractivity contribution in [2.45, 2.75) is 19.1 Å². The molecule has 27 heavy (non-hydrogen) atoms. The van der Waals surface area contributed by atoms with Crippen molar-refractivity contribution in [2.24, 2.45) is 7.05 Å². The van der Waals surface area contributed by atoms with Gasteiger partial charge in [-0.15, -0.1) is 0 Å². The fourth-order valence-electron chi connectivity index (χ4n) is 2.92. The van der Waals surface area contributed by atoms with Crippen LogP contribution in [0.1, 0.15) is 11.1 Å². The maximum Gasteiger partial charge on any atom is 0.416 e. The highest BCUT2D eigenvalue weighted by molar-refractivity contribution is 5.80. The van der Waals surface area contributed by atoms with Crippen molar-refractivity contribution >= 4 is 16.9 Å². The van der Waals surface area contributed by atoms with Gasteiger partial charge in [0.2, 0.25) is 5.91 Å². The highest BCUT2D eigenvalue weighted by Gasteiger charge is 2.29. The number of carbonyl (C=O) groups is 1. The van der Waals surface area contributed by atoms with Crippen LogP contribution < -0.4 is 11.0 Å². The molecule has 0 radical (unpaired) electrons. The van der Waals surface area contributed by atoms with Crippen molar-refractivity contribution in [2.75, 3.05) is 6.54 Å². The topological polar surface area (TPSA) is 56.0 Å². The first-order valence-corrected chi connectivity index (χ1v) is 8.34. The summed E-state index contributed by atoms with van der Waals surface area (Å²) >= 11 is 0. The number of aromatic nitrogens is 2. The number of halogens is 3. The quantitative estimate of drug-likeness (QED) is 0.743. The summed E-state index contributed by atoms with van der Waals surface area (Å²) in [4.78, 5) is 24.5. The number of alkyl halides is 3. The zero-order chi connectivity index (χ0) is 19.6. The van der Waals surface area contributed by atoms with Crippen LogP contribution in [0.25, 0.3) is 11.0 Å². The fraction of sp³-hybridized carbons (Fsp3) is 0.263. The van der Waals surface area contributed by atoms with Crippen molar-refractivity contribution in [1.29, 1.82) is 0 Å². The van der Waals surface area contributed by atoms with Crippen LogP contribution in [0, 0.1) is 0 Å². The Morgan fingerprint density at radius 3 is 2.30 bits per heavy atom. The van der Waals surface area contributed by atoms with Gasteiger partial charge in [-0.1, -0.05) is 24.3 Å². The molecule has 0 saturated carbocycles. The molecule has 0 atom stereocenters. The summed E-state index contributed by atoms with van der Waals surface area (Å²) in [5.41, 5.74) is 1.10. The van der Waals surface area contributed by atoms with E-state index in [1.54, 1.807) is 25.2 Å². The van der Waals surface area contributed by atoms with E-state index >= 15 is 0 Å². The van der Waals surface area contributed by atoms with Gasteiger partial charge >= 0.3 is 11.9 Å². The highest BCUT2D eigenvalue weighted by atomic mass is 19.4. The molecule has 5 nitrogen and oxygen atoms in total. The van der Waals surface area contributed by atoms with Gasteiger partial charge < -0.3 is 5.32 Å². The lowest BCUT2D eigenvalue weighted by Gasteiger charge is -2.09. The van der Waals surface area contributed by atoms with Crippen LogP contribution in [-0.4, -0.2) is 21.6 Å². The van der Waals surface area contributed by atoms with E-state index in [-0.39, 0.29) is 24.7 Å². The molecule has 0 aliphatic carbocycles. The molecule has 3 rings (SSSR count). The largest absolute Gasteiger partial charge is 0.416 e. The molecule has 1 amide bonds. The molecule has 0 saturated heterocycles. The van der Waals surface area contributed by atoms with E-state index in [9.17, 15) is 22.8 Å². The zero-order valence-electron chi connectivity index (χ0n) is 14.6. The first kappa shape index (κ1) is 18.8. The average molecular weight is 377 g/mol. The molecule has 0 aliphatic rings. The molecule has 0 bridgehead atoms. The Morgan fingerprint density at radius 1 is 1.04 bits per heavy atom. The predicted octanol–water partition coefficient (Wildman–Crippen LogP) is 2.72. The minimum absolute atomic E-state index is 0.118. The third-order valence-corrected chi connectivity index (χ3v) is 4.37. The van der Waals surface area contributed by atoms with E-state index < -0.39 is 11.7 Å². The lowest BCUT2D eigenvalue weighted by atomic mass is 10.1. The molecular formula is C19H18F3N3O2. The van der Waals surface area contributed by atoms with Gasteiger partial charge in [0.25, 0.3) is 0 Å². The molecular weight excluding hydrogens is 359 g/mol. The normalized spacial score (nSPS) is 11.7. The first-order valence-electron chi connectivity index (χ1n) is 8.34. The highest BCUT2D eigenvalue weighted by Crippen LogP contribution is 2.29. The minimum Gasteiger partial charge on any atom is -0.354 e. The van der Waals surface area contributed by atoms with Crippen LogP contribution in [0.4, 0.5) is 13.2 Å². The van der Waals surface area contributed by atoms with Gasteiger partial charge in [0, 0.05) is 13.6 Å². The Balaban J connectivity index is 1.60. The number of fused-ring (bicyclic) bond motifs is 1. The van der Waals surface area contributed by atoms with Crippen LogP contribution >= 0.6 is 0 Å². The molecule has 2 aromatic carbocycles. The smallest absolute Gasteiger partial charge is 0.354 e. The van der Waals surface area contributed by atoms with Gasteiger partial charge in [-0.3, -0.25) is 13.9 Å². The second kappa shape index (κ2) is 7.30. The van der Waals surface area contributed by atoms with E-state index in [2.05, 4.69) is 5.32 Å². The van der Waals surface area contributed by atoms with Gasteiger partial charge in [0.05, 0.1) is 16.6 Å². The van der Waals surface area contributed by atoms with Crippen LogP contribution in [-0.2, 0) is 31.0 Å². The minimum atomic E-state index is -4.36. The van der Waals surface area contributed by atoms with Gasteiger partial charge in [0.1, 0.15) is 6.54 Å². The van der Waals surface area contributed by atoms with Crippen molar-refractivity contribution in [3.05, 3.63) is 70.1 Å². The molecule has 8 heteroatoms. The number of nitrogens with one attached hydrogen (secondary N) is 1. The molecule has 0 aliphatic heterocycles. The second-order valence-corrected chi connectivity index (χ2v) is 6.21. The molecule has 0 spiro atoms. The van der Waals surface area contributed by atoms with Crippen LogP contribution in [0.3, 0.4) is 0 Å². The lowest BCUT2D eigenvalue weighted by Crippen LogP contribution is -2.33. The fourth-order valence-corrected chi connectivity index (χ4v) is 2.92. The summed E-state index contributed by atoms with van der Waals surface area (Å²) in [6, 6.07) is 12.0. The van der Waals surface area contributed by atoms with Crippen molar-refractivity contribution < 1.29 is 18.0 Å². The number of benzene rings is 2. The lowest BCUT2D eigenvalue weighted by molar-refractivity contribution is -0.137. The number of hydrogen-bond acceptors (Lipinski definition) is 2. The molecule has 0 unspecified atom stereocenters. The molecule has 1 heterocycles. The van der Waals surface area contributed by atoms with E-state index in [0.717, 1.165) is 17.6 Å². The summed E-state index contributed by atoms with van der Waals surface area (Å²) in [6.07, 6.45) is -3.97. The second-order valence-electron chi connectivity index (χ2n) is 6.21. The van der Waals surface area contributed by atoms with Gasteiger partial charge in [0.15, 0.2) is 0 Å². The molecule has 3 aromatic rings. The number of aryl methyl sites for hydroxylation is 1. The Labute approximate surface area is 153 Å². The number of nitrogens with zero attached hydrogens (tertiary/aromatic N) is 2. The van der Waals surface area contributed by atoms with E-state index in [4.69, 9.17) is 0 Å². The summed E-state index contributed by atoms with van der Waals surface area (Å²) in [5.74, 6) is -0.333. The third-order valence-electron chi connectivity index (χ3n) is 4.37. The molecule has 1 aromatic heterocycles. The Hall–Kier alpha value is -3.03. The van der Waals surface area contributed by atoms with Crippen molar-refractivity contribution in [3.8, 4) is 0 Å². The van der Waals surface area contributed by atoms with Crippen molar-refractivity contribution in [3.63, 3.8) is 0 Å². The summed E-state index contributed by atoms with van der Waals surface area (Å²) < 4.78 is 40.5. The van der Waals surface area contributed by atoms with Crippen LogP contribution in [0.5, 0.6) is 0 Å². The maximum absolute atomic E-state index is 12.5. The number of imidazole rings is 1. The number of carbonyl (C=O) groups excluding carboxylic acids is 1. The summed E-state index contributed by atoms with van der Waals surface area (Å²) in [7, 11) is 1.64. The Kier molecular flexibility index (Phi) is 5.07. The SMILES string of the molecule is Cn1c(=O)n(CC(=O)NCCc2ccc(C(F)(F)F)cc2)c2ccccc21. The first-order chi connectivity index (χ1) is 12.8. The van der Waals surface area contributed by atoms with Gasteiger partial charge in [-0.05, 0) is 36.2 Å². The number of hydrogen-bond donors (Lipinski definition) is 1. The number of para-hydroxylation sites is 2. The van der Waals surface area contributed by atoms with E-state index in [0.29, 0.717) is 17.5 Å². The van der Waals surface area contributed by atoms with E-state index in [1.807, 2.05) is 6.07 Å².